The molecule has 5 heteroatoms. The van der Waals surface area contributed by atoms with E-state index >= 15 is 0 Å². The van der Waals surface area contributed by atoms with Gasteiger partial charge in [0.05, 0.1) is 25.3 Å². The van der Waals surface area contributed by atoms with Gasteiger partial charge in [-0.05, 0) is 129 Å². The van der Waals surface area contributed by atoms with Crippen LogP contribution >= 0.6 is 0 Å². The Morgan fingerprint density at radius 1 is 0.950 bits per heavy atom. The predicted octanol–water partition coefficient (Wildman–Crippen LogP) is 7.68. The molecule has 5 rings (SSSR count). The summed E-state index contributed by atoms with van der Waals surface area (Å²) in [4.78, 5) is 14.5. The van der Waals surface area contributed by atoms with Crippen LogP contribution in [0.4, 0.5) is 4.79 Å². The zero-order valence-electron chi connectivity index (χ0n) is 26.6. The highest BCUT2D eigenvalue weighted by atomic mass is 16.6. The quantitative estimate of drug-likeness (QED) is 0.320. The van der Waals surface area contributed by atoms with E-state index in [1.807, 2.05) is 0 Å². The van der Waals surface area contributed by atoms with Gasteiger partial charge in [-0.25, -0.2) is 4.79 Å². The zero-order valence-corrected chi connectivity index (χ0v) is 26.6. The van der Waals surface area contributed by atoms with Gasteiger partial charge in [-0.1, -0.05) is 54.4 Å². The zero-order chi connectivity index (χ0) is 28.8. The van der Waals surface area contributed by atoms with Crippen LogP contribution in [-0.2, 0) is 4.74 Å². The van der Waals surface area contributed by atoms with Crippen molar-refractivity contribution in [1.29, 1.82) is 0 Å². The van der Waals surface area contributed by atoms with E-state index in [0.717, 1.165) is 54.3 Å². The van der Waals surface area contributed by atoms with E-state index in [1.54, 1.807) is 4.90 Å². The highest BCUT2D eigenvalue weighted by molar-refractivity contribution is 5.68. The van der Waals surface area contributed by atoms with Crippen molar-refractivity contribution in [1.82, 2.24) is 4.90 Å². The van der Waals surface area contributed by atoms with Crippen molar-refractivity contribution in [3.8, 4) is 0 Å². The van der Waals surface area contributed by atoms with Crippen LogP contribution in [0.15, 0.2) is 0 Å². The van der Waals surface area contributed by atoms with Gasteiger partial charge in [0.2, 0.25) is 0 Å². The summed E-state index contributed by atoms with van der Waals surface area (Å²) in [5.74, 6) is 6.68. The third-order valence-electron chi connectivity index (χ3n) is 13.9. The van der Waals surface area contributed by atoms with E-state index < -0.39 is 6.10 Å². The fourth-order valence-corrected chi connectivity index (χ4v) is 11.5. The van der Waals surface area contributed by atoms with Gasteiger partial charge in [0, 0.05) is 0 Å². The Kier molecular flexibility index (Phi) is 9.24. The second kappa shape index (κ2) is 12.1. The Morgan fingerprint density at radius 3 is 2.38 bits per heavy atom. The average molecular weight is 560 g/mol. The lowest BCUT2D eigenvalue weighted by molar-refractivity contribution is -0.131. The molecule has 1 saturated heterocycles. The molecule has 1 aliphatic heterocycles. The van der Waals surface area contributed by atoms with Crippen molar-refractivity contribution in [2.45, 2.75) is 143 Å². The maximum absolute atomic E-state index is 13.0. The molecule has 4 saturated carbocycles. The molecule has 0 radical (unpaired) electrons. The van der Waals surface area contributed by atoms with Crippen LogP contribution in [0.25, 0.3) is 0 Å². The minimum atomic E-state index is -0.557. The number of likely N-dealkylation sites (tertiary alicyclic amines) is 1. The van der Waals surface area contributed by atoms with Crippen molar-refractivity contribution in [2.24, 2.45) is 58.2 Å². The summed E-state index contributed by atoms with van der Waals surface area (Å²) >= 11 is 0. The van der Waals surface area contributed by atoms with Crippen molar-refractivity contribution in [2.75, 3.05) is 13.2 Å². The molecule has 2 N–H and O–H groups in total. The molecule has 230 valence electrons. The van der Waals surface area contributed by atoms with E-state index in [2.05, 4.69) is 41.5 Å². The Morgan fingerprint density at radius 2 is 1.68 bits per heavy atom. The lowest BCUT2D eigenvalue weighted by Crippen LogP contribution is -2.54. The molecule has 0 spiro atoms. The minimum Gasteiger partial charge on any atom is -0.446 e. The van der Waals surface area contributed by atoms with Gasteiger partial charge >= 0.3 is 6.09 Å². The Bertz CT molecular complexity index is 877. The molecule has 4 aliphatic carbocycles. The largest absolute Gasteiger partial charge is 0.446 e. The first kappa shape index (κ1) is 30.6. The first-order chi connectivity index (χ1) is 19.0. The second-order valence-corrected chi connectivity index (χ2v) is 16.0. The van der Waals surface area contributed by atoms with Gasteiger partial charge in [0.25, 0.3) is 0 Å². The number of hydrogen-bond donors (Lipinski definition) is 2. The summed E-state index contributed by atoms with van der Waals surface area (Å²) < 4.78 is 6.04. The van der Waals surface area contributed by atoms with E-state index in [9.17, 15) is 15.0 Å². The van der Waals surface area contributed by atoms with Gasteiger partial charge in [0.1, 0.15) is 6.10 Å². The molecule has 40 heavy (non-hydrogen) atoms. The fourth-order valence-electron chi connectivity index (χ4n) is 11.5. The van der Waals surface area contributed by atoms with Crippen LogP contribution in [0.5, 0.6) is 0 Å². The van der Waals surface area contributed by atoms with Crippen molar-refractivity contribution >= 4 is 6.09 Å². The third kappa shape index (κ3) is 5.49. The lowest BCUT2D eigenvalue weighted by atomic mass is 9.44. The number of β-amino-alcohol motifs (C(OH)–C–C–N with tert-alkyl or cyclic N) is 1. The van der Waals surface area contributed by atoms with E-state index in [0.29, 0.717) is 23.2 Å². The number of aliphatic hydroxyl groups is 2. The molecule has 1 heterocycles. The Labute approximate surface area is 245 Å². The van der Waals surface area contributed by atoms with Crippen LogP contribution < -0.4 is 0 Å². The number of fused-ring (bicyclic) bond motifs is 5. The smallest absolute Gasteiger partial charge is 0.410 e. The van der Waals surface area contributed by atoms with E-state index in [1.165, 1.54) is 64.2 Å². The van der Waals surface area contributed by atoms with Crippen LogP contribution in [0.1, 0.15) is 125 Å². The maximum Gasteiger partial charge on any atom is 0.410 e. The molecule has 5 aliphatic rings. The first-order valence-electron chi connectivity index (χ1n) is 17.3. The molecule has 2 unspecified atom stereocenters. The van der Waals surface area contributed by atoms with Crippen molar-refractivity contribution in [3.05, 3.63) is 0 Å². The number of amides is 1. The van der Waals surface area contributed by atoms with E-state index in [4.69, 9.17) is 4.74 Å². The van der Waals surface area contributed by atoms with Gasteiger partial charge in [-0.15, -0.1) is 0 Å². The van der Waals surface area contributed by atoms with Gasteiger partial charge in [-0.3, -0.25) is 0 Å². The molecular formula is C35H61NO4. The number of nitrogens with zero attached hydrogens (tertiary/aromatic N) is 1. The van der Waals surface area contributed by atoms with Crippen LogP contribution in [0.2, 0.25) is 0 Å². The number of rotatable bonds is 8. The molecule has 0 aromatic heterocycles. The number of carbonyl (C=O) groups excluding carboxylic acids is 1. The molecule has 0 bridgehead atoms. The topological polar surface area (TPSA) is 70.0 Å². The Hall–Kier alpha value is -0.810. The molecule has 0 aromatic carbocycles. The highest BCUT2D eigenvalue weighted by Gasteiger charge is 2.60. The van der Waals surface area contributed by atoms with Crippen LogP contribution in [-0.4, -0.2) is 52.6 Å². The monoisotopic (exact) mass is 559 g/mol. The summed E-state index contributed by atoms with van der Waals surface area (Å²) in [5, 5.41) is 19.7. The molecule has 5 fully saturated rings. The molecule has 12 atom stereocenters. The number of ether oxygens (including phenoxy) is 1. The summed E-state index contributed by atoms with van der Waals surface area (Å²) in [7, 11) is 0. The molecule has 5 nitrogen and oxygen atoms in total. The number of hydrogen-bond acceptors (Lipinski definition) is 4. The van der Waals surface area contributed by atoms with Gasteiger partial charge < -0.3 is 19.8 Å². The second-order valence-electron chi connectivity index (χ2n) is 16.0. The molecule has 1 amide bonds. The normalized spacial score (nSPS) is 44.6. The summed E-state index contributed by atoms with van der Waals surface area (Å²) in [5.41, 5.74) is 0.902. The van der Waals surface area contributed by atoms with Crippen molar-refractivity contribution < 1.29 is 19.7 Å². The SMILES string of the molecule is CCC(CC[C@@H](C)[C@H]1CC[C@H]2[C@@H]3CCC4C[C@@H](OC(=O)N5C[C@H](O)C[C@H]5CO)CC[C@]4(C)[C@H]3CC[C@]12C)C(C)C. The van der Waals surface area contributed by atoms with E-state index in [-0.39, 0.29) is 31.4 Å². The van der Waals surface area contributed by atoms with Crippen molar-refractivity contribution in [3.63, 3.8) is 0 Å². The first-order valence-corrected chi connectivity index (χ1v) is 17.3. The van der Waals surface area contributed by atoms with Crippen LogP contribution in [0, 0.1) is 58.2 Å². The number of aliphatic hydroxyl groups excluding tert-OH is 2. The maximum atomic E-state index is 13.0. The number of carbonyl (C=O) groups is 1. The van der Waals surface area contributed by atoms with Gasteiger partial charge in [-0.2, -0.15) is 0 Å². The standard InChI is InChI=1S/C35H61NO4/c1-7-24(22(2)3)9-8-23(4)30-12-13-31-29-11-10-25-18-28(40-33(39)36-20-27(38)19-26(36)21-37)14-16-34(25,5)32(29)15-17-35(30,31)6/h22-32,37-38H,7-21H2,1-6H3/t23-,24?,25?,26+,27-,28+,29+,30-,31+,32+,34+,35-/m1/s1. The predicted molar refractivity (Wildman–Crippen MR) is 161 cm³/mol. The lowest BCUT2D eigenvalue weighted by Gasteiger charge is -2.61. The van der Waals surface area contributed by atoms with Crippen LogP contribution in [0.3, 0.4) is 0 Å². The summed E-state index contributed by atoms with van der Waals surface area (Å²) in [6, 6.07) is -0.315. The average Bonchev–Trinajstić information content (AvgIpc) is 3.48. The highest BCUT2D eigenvalue weighted by Crippen LogP contribution is 2.68. The third-order valence-corrected chi connectivity index (χ3v) is 13.9. The Balaban J connectivity index is 1.20. The fraction of sp³-hybridized carbons (Fsp3) is 0.971. The molecule has 0 aromatic rings. The summed E-state index contributed by atoms with van der Waals surface area (Å²) in [6.45, 7) is 15.2. The summed E-state index contributed by atoms with van der Waals surface area (Å²) in [6.07, 6.45) is 15.1. The molecular weight excluding hydrogens is 498 g/mol. The van der Waals surface area contributed by atoms with Gasteiger partial charge in [0.15, 0.2) is 0 Å². The minimum absolute atomic E-state index is 0.0254.